The third kappa shape index (κ3) is 3.75. The molecule has 2 fully saturated rings. The lowest BCUT2D eigenvalue weighted by Crippen LogP contribution is -2.28. The highest BCUT2D eigenvalue weighted by molar-refractivity contribution is 5.98. The Morgan fingerprint density at radius 3 is 2.37 bits per heavy atom. The standard InChI is InChI=1S/C27H24N6O2/c1-2-23(34)32-14-18-12-20(13-19(18)15-32)33-27-24(26(28)29-16-30-27)25(31-33)17-8-10-22(11-9-17)35-21-6-4-3-5-7-21/h1,3-11,16,18-20H,12-15H2,(H2,28,29,30). The molecular weight excluding hydrogens is 440 g/mol. The highest BCUT2D eigenvalue weighted by Gasteiger charge is 2.43. The fourth-order valence-electron chi connectivity index (χ4n) is 5.48. The predicted molar refractivity (Wildman–Crippen MR) is 132 cm³/mol. The minimum absolute atomic E-state index is 0.180. The molecule has 35 heavy (non-hydrogen) atoms. The lowest BCUT2D eigenvalue weighted by Gasteiger charge is -2.17. The maximum absolute atomic E-state index is 11.9. The van der Waals surface area contributed by atoms with E-state index in [0.29, 0.717) is 30.7 Å². The summed E-state index contributed by atoms with van der Waals surface area (Å²) < 4.78 is 7.93. The Hall–Kier alpha value is -4.38. The molecule has 1 aliphatic heterocycles. The van der Waals surface area contributed by atoms with E-state index in [1.54, 1.807) is 4.90 Å². The molecule has 8 nitrogen and oxygen atoms in total. The number of nitrogens with zero attached hydrogens (tertiary/aromatic N) is 5. The number of aromatic nitrogens is 4. The smallest absolute Gasteiger partial charge is 0.298 e. The maximum atomic E-state index is 11.9. The first-order valence-corrected chi connectivity index (χ1v) is 11.7. The van der Waals surface area contributed by atoms with Gasteiger partial charge in [0.05, 0.1) is 11.4 Å². The molecular formula is C27H24N6O2. The number of benzene rings is 2. The lowest BCUT2D eigenvalue weighted by atomic mass is 10.0. The summed E-state index contributed by atoms with van der Waals surface area (Å²) in [4.78, 5) is 22.5. The number of nitrogen functional groups attached to an aromatic ring is 1. The lowest BCUT2D eigenvalue weighted by molar-refractivity contribution is -0.124. The Morgan fingerprint density at radius 2 is 1.69 bits per heavy atom. The molecule has 1 saturated heterocycles. The van der Waals surface area contributed by atoms with Crippen LogP contribution in [0.3, 0.4) is 0 Å². The minimum Gasteiger partial charge on any atom is -0.457 e. The summed E-state index contributed by atoms with van der Waals surface area (Å²) in [5.74, 6) is 4.77. The van der Waals surface area contributed by atoms with Crippen LogP contribution in [0.4, 0.5) is 5.82 Å². The van der Waals surface area contributed by atoms with Crippen molar-refractivity contribution < 1.29 is 9.53 Å². The molecule has 174 valence electrons. The van der Waals surface area contributed by atoms with Crippen LogP contribution in [0.15, 0.2) is 60.9 Å². The molecule has 3 heterocycles. The number of fused-ring (bicyclic) bond motifs is 2. The van der Waals surface area contributed by atoms with Gasteiger partial charge >= 0.3 is 0 Å². The molecule has 1 amide bonds. The Labute approximate surface area is 202 Å². The number of nitrogens with two attached hydrogens (primary N) is 1. The molecule has 8 heteroatoms. The van der Waals surface area contributed by atoms with Gasteiger partial charge in [-0.1, -0.05) is 18.2 Å². The Morgan fingerprint density at radius 1 is 1.00 bits per heavy atom. The van der Waals surface area contributed by atoms with Gasteiger partial charge in [-0.15, -0.1) is 6.42 Å². The zero-order valence-electron chi connectivity index (χ0n) is 19.0. The number of carbonyl (C=O) groups is 1. The van der Waals surface area contributed by atoms with Gasteiger partial charge in [0.15, 0.2) is 5.65 Å². The molecule has 1 aliphatic carbocycles. The first-order valence-electron chi connectivity index (χ1n) is 11.7. The quantitative estimate of drug-likeness (QED) is 0.460. The second kappa shape index (κ2) is 8.44. The normalized spacial score (nSPS) is 21.1. The van der Waals surface area contributed by atoms with E-state index < -0.39 is 0 Å². The van der Waals surface area contributed by atoms with Gasteiger partial charge in [-0.05, 0) is 67.0 Å². The Balaban J connectivity index is 1.30. The van der Waals surface area contributed by atoms with E-state index in [4.69, 9.17) is 22.0 Å². The summed E-state index contributed by atoms with van der Waals surface area (Å²) in [6.45, 7) is 1.41. The van der Waals surface area contributed by atoms with Crippen LogP contribution in [-0.4, -0.2) is 43.6 Å². The van der Waals surface area contributed by atoms with Crippen molar-refractivity contribution in [1.29, 1.82) is 0 Å². The van der Waals surface area contributed by atoms with Crippen molar-refractivity contribution in [3.63, 3.8) is 0 Å². The van der Waals surface area contributed by atoms with Gasteiger partial charge < -0.3 is 15.4 Å². The van der Waals surface area contributed by atoms with Crippen LogP contribution in [0.2, 0.25) is 0 Å². The number of terminal acetylenes is 1. The zero-order valence-corrected chi connectivity index (χ0v) is 19.0. The zero-order chi connectivity index (χ0) is 23.9. The van der Waals surface area contributed by atoms with Crippen molar-refractivity contribution in [2.24, 2.45) is 11.8 Å². The number of para-hydroxylation sites is 1. The molecule has 2 unspecified atom stereocenters. The van der Waals surface area contributed by atoms with Gasteiger partial charge in [-0.3, -0.25) is 4.79 Å². The van der Waals surface area contributed by atoms with Gasteiger partial charge in [-0.25, -0.2) is 14.6 Å². The van der Waals surface area contributed by atoms with Gasteiger partial charge in [0.25, 0.3) is 5.91 Å². The van der Waals surface area contributed by atoms with E-state index in [0.717, 1.165) is 46.6 Å². The minimum atomic E-state index is -0.219. The molecule has 0 radical (unpaired) electrons. The van der Waals surface area contributed by atoms with Crippen LogP contribution in [0.1, 0.15) is 18.9 Å². The van der Waals surface area contributed by atoms with Gasteiger partial charge in [0, 0.05) is 18.7 Å². The number of hydrogen-bond donors (Lipinski definition) is 1. The number of likely N-dealkylation sites (tertiary alicyclic amines) is 1. The molecule has 2 aromatic carbocycles. The SMILES string of the molecule is C#CC(=O)N1CC2CC(n3nc(-c4ccc(Oc5ccccc5)cc4)c4c(N)ncnc43)CC2C1. The summed E-state index contributed by atoms with van der Waals surface area (Å²) in [6, 6.07) is 17.6. The van der Waals surface area contributed by atoms with E-state index in [2.05, 4.69) is 15.9 Å². The van der Waals surface area contributed by atoms with Crippen molar-refractivity contribution in [2.45, 2.75) is 18.9 Å². The summed E-state index contributed by atoms with van der Waals surface area (Å²) >= 11 is 0. The molecule has 4 aromatic rings. The number of anilines is 1. The third-order valence-electron chi connectivity index (χ3n) is 7.11. The summed E-state index contributed by atoms with van der Waals surface area (Å²) in [6.07, 6.45) is 8.64. The van der Waals surface area contributed by atoms with E-state index in [1.165, 1.54) is 6.33 Å². The number of rotatable bonds is 4. The highest BCUT2D eigenvalue weighted by atomic mass is 16.5. The van der Waals surface area contributed by atoms with E-state index >= 15 is 0 Å². The van der Waals surface area contributed by atoms with Crippen LogP contribution in [0, 0.1) is 24.2 Å². The molecule has 2 N–H and O–H groups in total. The second-order valence-electron chi connectivity index (χ2n) is 9.19. The molecule has 2 aliphatic rings. The van der Waals surface area contributed by atoms with E-state index in [-0.39, 0.29) is 11.9 Å². The first kappa shape index (κ1) is 21.2. The molecule has 1 saturated carbocycles. The van der Waals surface area contributed by atoms with Crippen molar-refractivity contribution >= 4 is 22.8 Å². The van der Waals surface area contributed by atoms with Crippen LogP contribution < -0.4 is 10.5 Å². The summed E-state index contributed by atoms with van der Waals surface area (Å²) in [5.41, 5.74) is 8.71. The largest absolute Gasteiger partial charge is 0.457 e. The summed E-state index contributed by atoms with van der Waals surface area (Å²) in [7, 11) is 0. The van der Waals surface area contributed by atoms with Crippen LogP contribution in [0.5, 0.6) is 11.5 Å². The van der Waals surface area contributed by atoms with Crippen molar-refractivity contribution in [3.8, 4) is 35.1 Å². The molecule has 2 aromatic heterocycles. The summed E-state index contributed by atoms with van der Waals surface area (Å²) in [5, 5.41) is 5.75. The fraction of sp³-hybridized carbons (Fsp3) is 0.259. The second-order valence-corrected chi connectivity index (χ2v) is 9.19. The van der Waals surface area contributed by atoms with Crippen LogP contribution >= 0.6 is 0 Å². The van der Waals surface area contributed by atoms with Crippen molar-refractivity contribution in [3.05, 3.63) is 60.9 Å². The van der Waals surface area contributed by atoms with Crippen molar-refractivity contribution in [2.75, 3.05) is 18.8 Å². The van der Waals surface area contributed by atoms with Crippen LogP contribution in [0.25, 0.3) is 22.3 Å². The molecule has 2 atom stereocenters. The van der Waals surface area contributed by atoms with Crippen molar-refractivity contribution in [1.82, 2.24) is 24.6 Å². The molecule has 0 bridgehead atoms. The van der Waals surface area contributed by atoms with E-state index in [9.17, 15) is 4.79 Å². The highest BCUT2D eigenvalue weighted by Crippen LogP contribution is 2.45. The first-order chi connectivity index (χ1) is 17.1. The fourth-order valence-corrected chi connectivity index (χ4v) is 5.48. The molecule has 6 rings (SSSR count). The topological polar surface area (TPSA) is 99.2 Å². The number of carbonyl (C=O) groups excluding carboxylic acids is 1. The number of amides is 1. The Kier molecular flexibility index (Phi) is 5.10. The van der Waals surface area contributed by atoms with E-state index in [1.807, 2.05) is 59.3 Å². The van der Waals surface area contributed by atoms with Gasteiger partial charge in [0.1, 0.15) is 29.3 Å². The number of ether oxygens (including phenoxy) is 1. The van der Waals surface area contributed by atoms with Gasteiger partial charge in [-0.2, -0.15) is 5.10 Å². The maximum Gasteiger partial charge on any atom is 0.298 e. The van der Waals surface area contributed by atoms with Gasteiger partial charge in [0.2, 0.25) is 0 Å². The predicted octanol–water partition coefficient (Wildman–Crippen LogP) is 3.91. The monoisotopic (exact) mass is 464 g/mol. The average Bonchev–Trinajstić information content (AvgIpc) is 3.57. The number of hydrogen-bond acceptors (Lipinski definition) is 6. The average molecular weight is 465 g/mol. The third-order valence-corrected chi connectivity index (χ3v) is 7.11. The Bertz CT molecular complexity index is 1430. The van der Waals surface area contributed by atoms with Crippen LogP contribution in [-0.2, 0) is 4.79 Å². The molecule has 0 spiro atoms.